The predicted octanol–water partition coefficient (Wildman–Crippen LogP) is 6.42. The van der Waals surface area contributed by atoms with E-state index in [1.165, 1.54) is 0 Å². The summed E-state index contributed by atoms with van der Waals surface area (Å²) < 4.78 is 2.63. The van der Waals surface area contributed by atoms with Crippen LogP contribution in [0, 0.1) is 0 Å². The van der Waals surface area contributed by atoms with Crippen molar-refractivity contribution in [3.63, 3.8) is 0 Å². The van der Waals surface area contributed by atoms with Crippen LogP contribution in [0.5, 0.6) is 0 Å². The summed E-state index contributed by atoms with van der Waals surface area (Å²) in [5.41, 5.74) is 5.68. The molecule has 1 aliphatic heterocycles. The third-order valence-corrected chi connectivity index (χ3v) is 8.09. The van der Waals surface area contributed by atoms with Gasteiger partial charge in [0.05, 0.1) is 22.3 Å². The number of fused-ring (bicyclic) bond motifs is 2. The Bertz CT molecular complexity index is 1490. The molecule has 1 amide bonds. The first-order chi connectivity index (χ1) is 17.5. The van der Waals surface area contributed by atoms with Gasteiger partial charge < -0.3 is 10.2 Å². The van der Waals surface area contributed by atoms with Crippen LogP contribution in [0.25, 0.3) is 22.5 Å². The van der Waals surface area contributed by atoms with Gasteiger partial charge in [-0.15, -0.1) is 0 Å². The number of nitrogens with one attached hydrogen (secondary N) is 1. The number of benzene rings is 2. The lowest BCUT2D eigenvalue weighted by molar-refractivity contribution is -0.133. The van der Waals surface area contributed by atoms with Crippen molar-refractivity contribution in [2.75, 3.05) is 18.4 Å². The first-order valence-corrected chi connectivity index (χ1v) is 13.3. The van der Waals surface area contributed by atoms with Crippen molar-refractivity contribution in [1.82, 2.24) is 19.5 Å². The highest BCUT2D eigenvalue weighted by molar-refractivity contribution is 9.10. The number of aromatic nitrogens is 3. The third kappa shape index (κ3) is 4.10. The largest absolute Gasteiger partial charge is 0.367 e. The van der Waals surface area contributed by atoms with E-state index >= 15 is 0 Å². The lowest BCUT2D eigenvalue weighted by Crippen LogP contribution is -2.44. The molecule has 1 saturated heterocycles. The summed E-state index contributed by atoms with van der Waals surface area (Å²) in [6, 6.07) is 18.1. The molecular formula is C28H25BrClN5O. The molecule has 36 heavy (non-hydrogen) atoms. The molecule has 2 aromatic heterocycles. The zero-order valence-corrected chi connectivity index (χ0v) is 22.0. The van der Waals surface area contributed by atoms with Gasteiger partial charge in [0.2, 0.25) is 5.91 Å². The summed E-state index contributed by atoms with van der Waals surface area (Å²) in [5.74, 6) is 0.951. The molecule has 1 unspecified atom stereocenters. The number of anilines is 1. The third-order valence-electron chi connectivity index (χ3n) is 7.20. The Hall–Kier alpha value is -3.16. The molecular weight excluding hydrogens is 538 g/mol. The summed E-state index contributed by atoms with van der Waals surface area (Å²) in [6.07, 6.45) is 4.17. The second-order valence-corrected chi connectivity index (χ2v) is 10.7. The van der Waals surface area contributed by atoms with Crippen molar-refractivity contribution >= 4 is 50.5 Å². The van der Waals surface area contributed by atoms with Gasteiger partial charge in [-0.2, -0.15) is 9.61 Å². The summed E-state index contributed by atoms with van der Waals surface area (Å²) in [5, 5.41) is 8.82. The van der Waals surface area contributed by atoms with Crippen LogP contribution in [0.2, 0.25) is 5.02 Å². The predicted molar refractivity (Wildman–Crippen MR) is 147 cm³/mol. The molecule has 8 heteroatoms. The van der Waals surface area contributed by atoms with Crippen molar-refractivity contribution in [2.24, 2.45) is 0 Å². The van der Waals surface area contributed by atoms with Crippen molar-refractivity contribution in [3.8, 4) is 11.3 Å². The number of carbonyl (C=O) groups excluding carboxylic acids is 1. The smallest absolute Gasteiger partial charge is 0.230 e. The van der Waals surface area contributed by atoms with Crippen LogP contribution in [0.1, 0.15) is 36.3 Å². The molecule has 2 aromatic carbocycles. The van der Waals surface area contributed by atoms with E-state index in [0.717, 1.165) is 69.8 Å². The fraction of sp³-hybridized carbons (Fsp3) is 0.250. The molecule has 1 aliphatic carbocycles. The van der Waals surface area contributed by atoms with Gasteiger partial charge in [0.25, 0.3) is 0 Å². The van der Waals surface area contributed by atoms with E-state index in [1.807, 2.05) is 51.9 Å². The molecule has 4 aromatic rings. The Morgan fingerprint density at radius 1 is 1.08 bits per heavy atom. The van der Waals surface area contributed by atoms with Crippen LogP contribution in [-0.4, -0.2) is 44.5 Å². The number of amides is 1. The summed E-state index contributed by atoms with van der Waals surface area (Å²) in [4.78, 5) is 20.2. The SMILES string of the molecule is C=C1CC(C(=O)N2CCC(Nc3cc(-c4ccccc4Cl)nc4c(Br)cnn34)CC2)c2ccccc21. The van der Waals surface area contributed by atoms with Crippen molar-refractivity contribution in [1.29, 1.82) is 0 Å². The van der Waals surface area contributed by atoms with E-state index in [1.54, 1.807) is 6.20 Å². The Morgan fingerprint density at radius 3 is 2.58 bits per heavy atom. The summed E-state index contributed by atoms with van der Waals surface area (Å²) >= 11 is 10.0. The number of hydrogen-bond donors (Lipinski definition) is 1. The van der Waals surface area contributed by atoms with Gasteiger partial charge in [-0.3, -0.25) is 4.79 Å². The lowest BCUT2D eigenvalue weighted by atomic mass is 9.97. The van der Waals surface area contributed by atoms with Gasteiger partial charge in [-0.05, 0) is 58.0 Å². The zero-order valence-electron chi connectivity index (χ0n) is 19.6. The van der Waals surface area contributed by atoms with Gasteiger partial charge in [0.15, 0.2) is 5.65 Å². The maximum Gasteiger partial charge on any atom is 0.230 e. The van der Waals surface area contributed by atoms with E-state index < -0.39 is 0 Å². The van der Waals surface area contributed by atoms with Crippen molar-refractivity contribution in [2.45, 2.75) is 31.2 Å². The number of nitrogens with zero attached hydrogens (tertiary/aromatic N) is 4. The summed E-state index contributed by atoms with van der Waals surface area (Å²) in [7, 11) is 0. The minimum Gasteiger partial charge on any atom is -0.367 e. The first-order valence-electron chi connectivity index (χ1n) is 12.1. The summed E-state index contributed by atoms with van der Waals surface area (Å²) in [6.45, 7) is 5.62. The minimum atomic E-state index is -0.113. The topological polar surface area (TPSA) is 62.5 Å². The van der Waals surface area contributed by atoms with Gasteiger partial charge >= 0.3 is 0 Å². The monoisotopic (exact) mass is 561 g/mol. The Balaban J connectivity index is 1.19. The van der Waals surface area contributed by atoms with E-state index in [2.05, 4.69) is 45.1 Å². The number of piperidine rings is 1. The highest BCUT2D eigenvalue weighted by Gasteiger charge is 2.35. The fourth-order valence-corrected chi connectivity index (χ4v) is 5.91. The molecule has 3 heterocycles. The molecule has 0 radical (unpaired) electrons. The molecule has 1 fully saturated rings. The molecule has 182 valence electrons. The van der Waals surface area contributed by atoms with E-state index in [4.69, 9.17) is 16.6 Å². The molecule has 1 N–H and O–H groups in total. The van der Waals surface area contributed by atoms with Crippen LogP contribution < -0.4 is 5.32 Å². The molecule has 0 bridgehead atoms. The molecule has 2 aliphatic rings. The number of likely N-dealkylation sites (tertiary alicyclic amines) is 1. The Kier molecular flexibility index (Phi) is 6.05. The zero-order chi connectivity index (χ0) is 24.8. The highest BCUT2D eigenvalue weighted by atomic mass is 79.9. The number of carbonyl (C=O) groups is 1. The van der Waals surface area contributed by atoms with Crippen molar-refractivity contribution in [3.05, 3.63) is 88.0 Å². The van der Waals surface area contributed by atoms with Gasteiger partial charge in [0, 0.05) is 35.8 Å². The standard InChI is InChI=1S/C28H25BrClN5O/c1-17-14-22(20-7-3-2-6-19(17)20)28(36)34-12-10-18(11-13-34)32-26-15-25(21-8-4-5-9-24(21)30)33-27-23(29)16-31-35(26)27/h2-9,15-16,18,22,32H,1,10-14H2. The van der Waals surface area contributed by atoms with Gasteiger partial charge in [0.1, 0.15) is 5.82 Å². The van der Waals surface area contributed by atoms with Crippen LogP contribution in [0.15, 0.2) is 71.8 Å². The number of hydrogen-bond acceptors (Lipinski definition) is 4. The van der Waals surface area contributed by atoms with Crippen LogP contribution >= 0.6 is 27.5 Å². The maximum atomic E-state index is 13.4. The minimum absolute atomic E-state index is 0.113. The highest BCUT2D eigenvalue weighted by Crippen LogP contribution is 2.41. The van der Waals surface area contributed by atoms with E-state index in [0.29, 0.717) is 11.4 Å². The number of halogens is 2. The quantitative estimate of drug-likeness (QED) is 0.312. The maximum absolute atomic E-state index is 13.4. The Morgan fingerprint density at radius 2 is 1.81 bits per heavy atom. The molecule has 1 atom stereocenters. The normalized spacial score (nSPS) is 18.0. The molecule has 6 nitrogen and oxygen atoms in total. The lowest BCUT2D eigenvalue weighted by Gasteiger charge is -2.34. The fourth-order valence-electron chi connectivity index (χ4n) is 5.33. The molecule has 0 spiro atoms. The first kappa shape index (κ1) is 23.3. The van der Waals surface area contributed by atoms with Crippen LogP contribution in [0.3, 0.4) is 0 Å². The van der Waals surface area contributed by atoms with Gasteiger partial charge in [-0.25, -0.2) is 4.98 Å². The molecule has 6 rings (SSSR count). The average Bonchev–Trinajstić information content (AvgIpc) is 3.44. The average molecular weight is 563 g/mol. The number of allylic oxidation sites excluding steroid dienone is 1. The Labute approximate surface area is 223 Å². The van der Waals surface area contributed by atoms with E-state index in [9.17, 15) is 4.79 Å². The second-order valence-electron chi connectivity index (χ2n) is 9.43. The van der Waals surface area contributed by atoms with Crippen molar-refractivity contribution < 1.29 is 4.79 Å². The second kappa shape index (κ2) is 9.37. The van der Waals surface area contributed by atoms with Crippen LogP contribution in [-0.2, 0) is 4.79 Å². The van der Waals surface area contributed by atoms with Gasteiger partial charge in [-0.1, -0.05) is 60.6 Å². The van der Waals surface area contributed by atoms with Crippen LogP contribution in [0.4, 0.5) is 5.82 Å². The van der Waals surface area contributed by atoms with E-state index in [-0.39, 0.29) is 17.9 Å². The number of rotatable bonds is 4. The molecule has 0 saturated carbocycles.